The molecule has 0 bridgehead atoms. The maximum atomic E-state index is 11.1. The highest BCUT2D eigenvalue weighted by Gasteiger charge is 2.19. The van der Waals surface area contributed by atoms with Gasteiger partial charge in [0.15, 0.2) is 0 Å². The topological polar surface area (TPSA) is 83.2 Å². The van der Waals surface area contributed by atoms with Crippen LogP contribution in [0.5, 0.6) is 5.75 Å². The fraction of sp³-hybridized carbons (Fsp3) is 0.450. The maximum absolute atomic E-state index is 11.1. The molecule has 1 aromatic rings. The molecule has 1 aliphatic heterocycles. The van der Waals surface area contributed by atoms with Crippen LogP contribution in [0.15, 0.2) is 41.5 Å². The predicted molar refractivity (Wildman–Crippen MR) is 104 cm³/mol. The van der Waals surface area contributed by atoms with Crippen LogP contribution in [0.1, 0.15) is 25.8 Å². The second-order valence-corrected chi connectivity index (χ2v) is 6.37. The standard InChI is InChI=1S/C20H27N3O4/c1-15-8-9-20(21-14-15)23(11-13-26-3)22-18(10-12-27-16(2)24)17-6-4-5-7-19(17)25/h4-9,15H,10-14H2,1-3H3,(H,22,25)/p+1. The average molecular weight is 374 g/mol. The smallest absolute Gasteiger partial charge is 0.302 e. The summed E-state index contributed by atoms with van der Waals surface area (Å²) in [5.41, 5.74) is 1.24. The number of hydrogen-bond donors (Lipinski definition) is 2. The van der Waals surface area contributed by atoms with Crippen molar-refractivity contribution in [1.29, 1.82) is 0 Å². The van der Waals surface area contributed by atoms with E-state index in [1.807, 2.05) is 16.8 Å². The fourth-order valence-corrected chi connectivity index (χ4v) is 2.62. The Morgan fingerprint density at radius 2 is 2.15 bits per heavy atom. The molecule has 2 N–H and O–H groups in total. The number of hydrazone groups is 1. The van der Waals surface area contributed by atoms with Gasteiger partial charge in [-0.15, -0.1) is 4.68 Å². The number of nitrogens with one attached hydrogen (secondary N) is 1. The van der Waals surface area contributed by atoms with Crippen LogP contribution in [-0.2, 0) is 14.3 Å². The number of benzene rings is 1. The van der Waals surface area contributed by atoms with Crippen LogP contribution >= 0.6 is 0 Å². The normalized spacial score (nSPS) is 18.8. The van der Waals surface area contributed by atoms with Crippen LogP contribution in [0, 0.1) is 5.92 Å². The zero-order valence-electron chi connectivity index (χ0n) is 16.1. The lowest BCUT2D eigenvalue weighted by Gasteiger charge is -2.14. The summed E-state index contributed by atoms with van der Waals surface area (Å²) < 4.78 is 12.1. The summed E-state index contributed by atoms with van der Waals surface area (Å²) in [6, 6.07) is 7.01. The van der Waals surface area contributed by atoms with Gasteiger partial charge in [0.2, 0.25) is 0 Å². The minimum Gasteiger partial charge on any atom is -0.507 e. The van der Waals surface area contributed by atoms with Gasteiger partial charge in [-0.2, -0.15) is 0 Å². The molecule has 0 saturated heterocycles. The van der Waals surface area contributed by atoms with Gasteiger partial charge < -0.3 is 14.6 Å². The van der Waals surface area contributed by atoms with Gasteiger partial charge in [-0.05, 0) is 12.1 Å². The van der Waals surface area contributed by atoms with E-state index in [4.69, 9.17) is 14.6 Å². The van der Waals surface area contributed by atoms with Crippen molar-refractivity contribution in [3.05, 3.63) is 42.0 Å². The first-order chi connectivity index (χ1) is 13.0. The molecule has 1 aromatic carbocycles. The monoisotopic (exact) mass is 374 g/mol. The minimum absolute atomic E-state index is 0.136. The third-order valence-corrected chi connectivity index (χ3v) is 4.07. The Morgan fingerprint density at radius 1 is 1.37 bits per heavy atom. The van der Waals surface area contributed by atoms with Crippen LogP contribution in [0.25, 0.3) is 0 Å². The first-order valence-electron chi connectivity index (χ1n) is 9.06. The van der Waals surface area contributed by atoms with E-state index in [9.17, 15) is 9.90 Å². The molecule has 0 aromatic heterocycles. The van der Waals surface area contributed by atoms with Gasteiger partial charge in [-0.3, -0.25) is 10.1 Å². The van der Waals surface area contributed by atoms with Crippen LogP contribution in [0.2, 0.25) is 0 Å². The van der Waals surface area contributed by atoms with Crippen molar-refractivity contribution >= 4 is 17.5 Å². The summed E-state index contributed by atoms with van der Waals surface area (Å²) in [5.74, 6) is 1.11. The number of carbonyl (C=O) groups excluding carboxylic acids is 1. The molecule has 1 heterocycles. The molecule has 7 nitrogen and oxygen atoms in total. The van der Waals surface area contributed by atoms with Crippen LogP contribution in [0.4, 0.5) is 0 Å². The number of amidine groups is 1. The van der Waals surface area contributed by atoms with Crippen molar-refractivity contribution < 1.29 is 24.1 Å². The van der Waals surface area contributed by atoms with Crippen LogP contribution < -0.4 is 5.32 Å². The Hall–Kier alpha value is -2.67. The first kappa shape index (κ1) is 20.6. The quantitative estimate of drug-likeness (QED) is 0.314. The average Bonchev–Trinajstić information content (AvgIpc) is 2.65. The molecule has 27 heavy (non-hydrogen) atoms. The number of rotatable bonds is 8. The third-order valence-electron chi connectivity index (χ3n) is 4.07. The molecule has 0 radical (unpaired) electrons. The van der Waals surface area contributed by atoms with Gasteiger partial charge in [-0.1, -0.05) is 30.2 Å². The van der Waals surface area contributed by atoms with Crippen molar-refractivity contribution in [2.24, 2.45) is 11.0 Å². The molecule has 0 aliphatic carbocycles. The van der Waals surface area contributed by atoms with E-state index in [-0.39, 0.29) is 18.3 Å². The molecule has 2 rings (SSSR count). The van der Waals surface area contributed by atoms with Gasteiger partial charge >= 0.3 is 5.97 Å². The van der Waals surface area contributed by atoms with Crippen molar-refractivity contribution in [3.63, 3.8) is 0 Å². The molecule has 1 unspecified atom stereocenters. The van der Waals surface area contributed by atoms with Gasteiger partial charge in [0.25, 0.3) is 5.84 Å². The van der Waals surface area contributed by atoms with Gasteiger partial charge in [-0.25, -0.2) is 0 Å². The molecule has 0 fully saturated rings. The lowest BCUT2D eigenvalue weighted by Crippen LogP contribution is -2.37. The molecule has 1 atom stereocenters. The van der Waals surface area contributed by atoms with Crippen molar-refractivity contribution in [2.75, 3.05) is 33.4 Å². The Morgan fingerprint density at radius 3 is 2.78 bits per heavy atom. The third kappa shape index (κ3) is 6.53. The number of methoxy groups -OCH3 is 1. The van der Waals surface area contributed by atoms with Gasteiger partial charge in [0.1, 0.15) is 12.3 Å². The first-order valence-corrected chi connectivity index (χ1v) is 9.06. The van der Waals surface area contributed by atoms with E-state index in [0.29, 0.717) is 36.8 Å². The van der Waals surface area contributed by atoms with E-state index in [2.05, 4.69) is 18.3 Å². The minimum atomic E-state index is -0.344. The van der Waals surface area contributed by atoms with E-state index in [1.54, 1.807) is 25.3 Å². The van der Waals surface area contributed by atoms with Gasteiger partial charge in [0.05, 0.1) is 25.5 Å². The lowest BCUT2D eigenvalue weighted by atomic mass is 10.1. The molecular formula is C20H28N3O4+. The Kier molecular flexibility index (Phi) is 8.00. The zero-order valence-corrected chi connectivity index (χ0v) is 16.1. The summed E-state index contributed by atoms with van der Waals surface area (Å²) in [7, 11) is 1.64. The highest BCUT2D eigenvalue weighted by Crippen LogP contribution is 2.18. The van der Waals surface area contributed by atoms with E-state index < -0.39 is 0 Å². The molecule has 0 saturated carbocycles. The molecule has 0 spiro atoms. The Bertz CT molecular complexity index is 740. The number of aromatic hydroxyl groups is 1. The van der Waals surface area contributed by atoms with E-state index >= 15 is 0 Å². The summed E-state index contributed by atoms with van der Waals surface area (Å²) in [5, 5.41) is 18.4. The highest BCUT2D eigenvalue weighted by atomic mass is 16.5. The molecule has 7 heteroatoms. The Balaban J connectivity index is 2.40. The number of ether oxygens (including phenoxy) is 2. The lowest BCUT2D eigenvalue weighted by molar-refractivity contribution is -0.537. The van der Waals surface area contributed by atoms with Crippen molar-refractivity contribution in [3.8, 4) is 5.75 Å². The largest absolute Gasteiger partial charge is 0.507 e. The van der Waals surface area contributed by atoms with Crippen LogP contribution in [-0.4, -0.2) is 60.7 Å². The number of carbonyl (C=O) groups is 1. The Labute approximate surface area is 160 Å². The fourth-order valence-electron chi connectivity index (χ4n) is 2.62. The molecule has 146 valence electrons. The van der Waals surface area contributed by atoms with Crippen molar-refractivity contribution in [1.82, 2.24) is 5.32 Å². The number of hydrogen-bond acceptors (Lipinski definition) is 5. The summed E-state index contributed by atoms with van der Waals surface area (Å²) in [6.07, 6.45) is 4.51. The molecule has 0 amide bonds. The van der Waals surface area contributed by atoms with Crippen molar-refractivity contribution in [2.45, 2.75) is 20.3 Å². The zero-order chi connectivity index (χ0) is 19.6. The number of esters is 1. The highest BCUT2D eigenvalue weighted by molar-refractivity contribution is 6.02. The number of nitrogens with zero attached hydrogens (tertiary/aromatic N) is 2. The number of phenols is 1. The number of phenolic OH excluding ortho intramolecular Hbond substituents is 1. The van der Waals surface area contributed by atoms with Crippen LogP contribution in [0.3, 0.4) is 0 Å². The SMILES string of the molecule is COCC[N+](N=C(CCOC(C)=O)c1ccccc1O)=C1C=CC(C)CN1. The second kappa shape index (κ2) is 10.5. The predicted octanol–water partition coefficient (Wildman–Crippen LogP) is 1.90. The summed E-state index contributed by atoms with van der Waals surface area (Å²) in [6.45, 7) is 5.56. The molecule has 1 aliphatic rings. The summed E-state index contributed by atoms with van der Waals surface area (Å²) >= 11 is 0. The molecular weight excluding hydrogens is 346 g/mol. The number of para-hydroxylation sites is 1. The second-order valence-electron chi connectivity index (χ2n) is 6.37. The maximum Gasteiger partial charge on any atom is 0.302 e. The van der Waals surface area contributed by atoms with E-state index in [0.717, 1.165) is 12.4 Å². The van der Waals surface area contributed by atoms with Gasteiger partial charge in [0, 0.05) is 38.0 Å². The van der Waals surface area contributed by atoms with E-state index in [1.165, 1.54) is 6.92 Å². The summed E-state index contributed by atoms with van der Waals surface area (Å²) in [4.78, 5) is 11.1.